The van der Waals surface area contributed by atoms with Crippen LogP contribution in [0.1, 0.15) is 104 Å². The Morgan fingerprint density at radius 3 is 1.78 bits per heavy atom. The summed E-state index contributed by atoms with van der Waals surface area (Å²) in [4.78, 5) is 25.3. The zero-order valence-corrected chi connectivity index (χ0v) is 18.2. The van der Waals surface area contributed by atoms with E-state index in [2.05, 4.69) is 19.2 Å². The van der Waals surface area contributed by atoms with Crippen LogP contribution >= 0.6 is 0 Å². The lowest BCUT2D eigenvalue weighted by molar-refractivity contribution is -0.142. The Balaban J connectivity index is 3.50. The monoisotopic (exact) mass is 384 g/mol. The summed E-state index contributed by atoms with van der Waals surface area (Å²) < 4.78 is 5.18. The Morgan fingerprint density at radius 1 is 0.741 bits per heavy atom. The Labute approximate surface area is 167 Å². The van der Waals surface area contributed by atoms with Gasteiger partial charge in [0.05, 0.1) is 6.61 Å². The van der Waals surface area contributed by atoms with E-state index in [1.165, 1.54) is 64.2 Å². The lowest BCUT2D eigenvalue weighted by Crippen LogP contribution is -2.40. The summed E-state index contributed by atoms with van der Waals surface area (Å²) in [6.07, 6.45) is 17.0. The molecule has 5 nitrogen and oxygen atoms in total. The molecule has 0 saturated carbocycles. The molecule has 0 spiro atoms. The first-order valence-corrected chi connectivity index (χ1v) is 11.3. The third kappa shape index (κ3) is 17.9. The van der Waals surface area contributed by atoms with Gasteiger partial charge in [0.25, 0.3) is 0 Å². The maximum absolute atomic E-state index is 11.9. The first-order chi connectivity index (χ1) is 13.1. The Kier molecular flexibility index (Phi) is 18.6. The van der Waals surface area contributed by atoms with Crippen LogP contribution in [0.2, 0.25) is 0 Å². The number of hydrogen-bond donors (Lipinski definition) is 1. The van der Waals surface area contributed by atoms with Gasteiger partial charge >= 0.3 is 12.0 Å². The van der Waals surface area contributed by atoms with Crippen LogP contribution in [-0.2, 0) is 9.53 Å². The van der Waals surface area contributed by atoms with Gasteiger partial charge in [0, 0.05) is 13.6 Å². The van der Waals surface area contributed by atoms with Crippen molar-refractivity contribution in [2.24, 2.45) is 0 Å². The van der Waals surface area contributed by atoms with Crippen LogP contribution in [0.4, 0.5) is 4.79 Å². The summed E-state index contributed by atoms with van der Waals surface area (Å²) in [5, 5.41) is 2.64. The molecule has 0 heterocycles. The van der Waals surface area contributed by atoms with Crippen molar-refractivity contribution in [3.05, 3.63) is 0 Å². The summed E-state index contributed by atoms with van der Waals surface area (Å²) in [5.74, 6) is -0.348. The molecule has 0 bridgehead atoms. The van der Waals surface area contributed by atoms with Gasteiger partial charge in [-0.3, -0.25) is 4.79 Å². The van der Waals surface area contributed by atoms with E-state index < -0.39 is 0 Å². The van der Waals surface area contributed by atoms with Crippen LogP contribution in [-0.4, -0.2) is 43.6 Å². The number of rotatable bonds is 18. The van der Waals surface area contributed by atoms with Crippen molar-refractivity contribution in [2.45, 2.75) is 104 Å². The van der Waals surface area contributed by atoms with Gasteiger partial charge in [0.1, 0.15) is 6.54 Å². The second-order valence-corrected chi connectivity index (χ2v) is 7.54. The highest BCUT2D eigenvalue weighted by Gasteiger charge is 2.10. The summed E-state index contributed by atoms with van der Waals surface area (Å²) in [6.45, 7) is 5.57. The van der Waals surface area contributed by atoms with Crippen molar-refractivity contribution in [2.75, 3.05) is 26.7 Å². The minimum atomic E-state index is -0.348. The van der Waals surface area contributed by atoms with E-state index in [0.717, 1.165) is 32.2 Å². The molecule has 27 heavy (non-hydrogen) atoms. The van der Waals surface area contributed by atoms with Crippen LogP contribution in [0.25, 0.3) is 0 Å². The zero-order chi connectivity index (χ0) is 20.2. The fraction of sp³-hybridized carbons (Fsp3) is 0.909. The Bertz CT molecular complexity index is 361. The SMILES string of the molecule is CCCCCCCCCCOC(=O)CNC(=O)N(C)CCCCCCCC. The number of unbranched alkanes of at least 4 members (excludes halogenated alkanes) is 12. The van der Waals surface area contributed by atoms with E-state index in [0.29, 0.717) is 6.61 Å². The smallest absolute Gasteiger partial charge is 0.325 e. The quantitative estimate of drug-likeness (QED) is 0.244. The number of carbonyl (C=O) groups excluding carboxylic acids is 2. The third-order valence-corrected chi connectivity index (χ3v) is 4.84. The number of hydrogen-bond acceptors (Lipinski definition) is 3. The first-order valence-electron chi connectivity index (χ1n) is 11.3. The van der Waals surface area contributed by atoms with Gasteiger partial charge in [0.15, 0.2) is 0 Å². The molecule has 0 aliphatic carbocycles. The van der Waals surface area contributed by atoms with E-state index in [1.807, 2.05) is 0 Å². The molecule has 0 aromatic heterocycles. The molecule has 0 fully saturated rings. The summed E-state index contributed by atoms with van der Waals surface area (Å²) >= 11 is 0. The number of carbonyl (C=O) groups is 2. The number of nitrogens with zero attached hydrogens (tertiary/aromatic N) is 1. The van der Waals surface area contributed by atoms with Gasteiger partial charge in [-0.25, -0.2) is 4.79 Å². The molecular weight excluding hydrogens is 340 g/mol. The molecule has 5 heteroatoms. The van der Waals surface area contributed by atoms with Crippen molar-refractivity contribution in [3.8, 4) is 0 Å². The number of urea groups is 1. The van der Waals surface area contributed by atoms with Crippen LogP contribution in [0, 0.1) is 0 Å². The fourth-order valence-electron chi connectivity index (χ4n) is 2.99. The summed E-state index contributed by atoms with van der Waals surface area (Å²) in [7, 11) is 1.77. The van der Waals surface area contributed by atoms with Crippen molar-refractivity contribution < 1.29 is 14.3 Å². The van der Waals surface area contributed by atoms with Crippen molar-refractivity contribution in [1.29, 1.82) is 0 Å². The molecule has 0 aliphatic heterocycles. The van der Waals surface area contributed by atoms with Crippen LogP contribution < -0.4 is 5.32 Å². The topological polar surface area (TPSA) is 58.6 Å². The Morgan fingerprint density at radius 2 is 1.22 bits per heavy atom. The molecule has 0 rings (SSSR count). The fourth-order valence-corrected chi connectivity index (χ4v) is 2.99. The number of esters is 1. The highest BCUT2D eigenvalue weighted by atomic mass is 16.5. The molecule has 160 valence electrons. The molecule has 1 N–H and O–H groups in total. The van der Waals surface area contributed by atoms with Gasteiger partial charge in [-0.2, -0.15) is 0 Å². The number of ether oxygens (including phenoxy) is 1. The predicted octanol–water partition coefficient (Wildman–Crippen LogP) is 5.67. The third-order valence-electron chi connectivity index (χ3n) is 4.84. The van der Waals surface area contributed by atoms with E-state index in [-0.39, 0.29) is 18.5 Å². The highest BCUT2D eigenvalue weighted by Crippen LogP contribution is 2.08. The second kappa shape index (κ2) is 19.5. The van der Waals surface area contributed by atoms with Crippen LogP contribution in [0.3, 0.4) is 0 Å². The summed E-state index contributed by atoms with van der Waals surface area (Å²) in [5.41, 5.74) is 0. The molecule has 0 aromatic carbocycles. The van der Waals surface area contributed by atoms with E-state index >= 15 is 0 Å². The summed E-state index contributed by atoms with van der Waals surface area (Å²) in [6, 6.07) is -0.201. The van der Waals surface area contributed by atoms with Gasteiger partial charge < -0.3 is 15.0 Å². The highest BCUT2D eigenvalue weighted by molar-refractivity contribution is 5.80. The first kappa shape index (κ1) is 25.7. The maximum Gasteiger partial charge on any atom is 0.325 e. The van der Waals surface area contributed by atoms with Crippen molar-refractivity contribution in [1.82, 2.24) is 10.2 Å². The minimum absolute atomic E-state index is 0.0449. The van der Waals surface area contributed by atoms with E-state index in [4.69, 9.17) is 4.74 Å². The maximum atomic E-state index is 11.9. The lowest BCUT2D eigenvalue weighted by atomic mass is 10.1. The standard InChI is InChI=1S/C22H44N2O3/c1-4-6-8-10-12-13-15-17-19-27-21(25)20-23-22(26)24(3)18-16-14-11-9-7-5-2/h4-20H2,1-3H3,(H,23,26). The number of nitrogens with one attached hydrogen (secondary N) is 1. The largest absolute Gasteiger partial charge is 0.464 e. The van der Waals surface area contributed by atoms with E-state index in [9.17, 15) is 9.59 Å². The average Bonchev–Trinajstić information content (AvgIpc) is 2.67. The molecule has 0 aliphatic rings. The second-order valence-electron chi connectivity index (χ2n) is 7.54. The van der Waals surface area contributed by atoms with Gasteiger partial charge in [0.2, 0.25) is 0 Å². The predicted molar refractivity (Wildman–Crippen MR) is 113 cm³/mol. The van der Waals surface area contributed by atoms with Crippen LogP contribution in [0.15, 0.2) is 0 Å². The Hall–Kier alpha value is -1.26. The van der Waals surface area contributed by atoms with Gasteiger partial charge in [-0.1, -0.05) is 90.9 Å². The van der Waals surface area contributed by atoms with Crippen molar-refractivity contribution >= 4 is 12.0 Å². The molecule has 0 radical (unpaired) electrons. The molecule has 2 amide bonds. The van der Waals surface area contributed by atoms with E-state index in [1.54, 1.807) is 11.9 Å². The average molecular weight is 385 g/mol. The molecular formula is C22H44N2O3. The van der Waals surface area contributed by atoms with Gasteiger partial charge in [-0.05, 0) is 12.8 Å². The molecule has 0 unspecified atom stereocenters. The van der Waals surface area contributed by atoms with Gasteiger partial charge in [-0.15, -0.1) is 0 Å². The van der Waals surface area contributed by atoms with Crippen molar-refractivity contribution in [3.63, 3.8) is 0 Å². The molecule has 0 saturated heterocycles. The normalized spacial score (nSPS) is 10.6. The number of amides is 2. The molecule has 0 atom stereocenters. The molecule has 0 aromatic rings. The lowest BCUT2D eigenvalue weighted by Gasteiger charge is -2.17. The zero-order valence-electron chi connectivity index (χ0n) is 18.2. The van der Waals surface area contributed by atoms with Crippen LogP contribution in [0.5, 0.6) is 0 Å². The minimum Gasteiger partial charge on any atom is -0.464 e.